The van der Waals surface area contributed by atoms with E-state index in [4.69, 9.17) is 0 Å². The smallest absolute Gasteiger partial charge is 0.255 e. The second-order valence-electron chi connectivity index (χ2n) is 5.64. The highest BCUT2D eigenvalue weighted by Gasteiger charge is 2.20. The van der Waals surface area contributed by atoms with Crippen molar-refractivity contribution in [2.75, 3.05) is 13.2 Å². The lowest BCUT2D eigenvalue weighted by Crippen LogP contribution is -2.34. The van der Waals surface area contributed by atoms with E-state index in [1.165, 1.54) is 29.2 Å². The van der Waals surface area contributed by atoms with Gasteiger partial charge >= 0.3 is 0 Å². The van der Waals surface area contributed by atoms with Gasteiger partial charge in [-0.05, 0) is 18.2 Å². The third kappa shape index (κ3) is 3.43. The normalized spacial score (nSPS) is 11.0. The van der Waals surface area contributed by atoms with Gasteiger partial charge in [-0.15, -0.1) is 0 Å². The molecular formula is C17H17FN4O3. The van der Waals surface area contributed by atoms with Crippen LogP contribution >= 0.6 is 0 Å². The number of hydrogen-bond donors (Lipinski definition) is 2. The molecule has 3 aromatic rings. The molecule has 3 rings (SSSR count). The van der Waals surface area contributed by atoms with Crippen molar-refractivity contribution in [2.45, 2.75) is 6.54 Å². The van der Waals surface area contributed by atoms with Gasteiger partial charge in [-0.1, -0.05) is 0 Å². The molecule has 0 fully saturated rings. The first-order valence-electron chi connectivity index (χ1n) is 7.68. The highest BCUT2D eigenvalue weighted by molar-refractivity contribution is 6.05. The van der Waals surface area contributed by atoms with Crippen molar-refractivity contribution in [3.63, 3.8) is 0 Å². The Bertz CT molecular complexity index is 979. The Morgan fingerprint density at radius 3 is 2.88 bits per heavy atom. The Morgan fingerprint density at radius 1 is 1.40 bits per heavy atom. The lowest BCUT2D eigenvalue weighted by Gasteiger charge is -2.22. The van der Waals surface area contributed by atoms with Crippen molar-refractivity contribution >= 4 is 16.8 Å². The molecular weight excluding hydrogens is 327 g/mol. The summed E-state index contributed by atoms with van der Waals surface area (Å²) >= 11 is 0. The monoisotopic (exact) mass is 344 g/mol. The minimum Gasteiger partial charge on any atom is -0.395 e. The van der Waals surface area contributed by atoms with Crippen LogP contribution in [0.4, 0.5) is 4.39 Å². The molecule has 0 aliphatic heterocycles. The SMILES string of the molecule is Cn1ccnc1CN(CCO)C(=O)c1cc(=O)[nH]c2cc(F)ccc12. The van der Waals surface area contributed by atoms with Crippen molar-refractivity contribution in [2.24, 2.45) is 7.05 Å². The first-order valence-corrected chi connectivity index (χ1v) is 7.68. The lowest BCUT2D eigenvalue weighted by molar-refractivity contribution is 0.0703. The molecule has 0 spiro atoms. The number of aryl methyl sites for hydroxylation is 1. The summed E-state index contributed by atoms with van der Waals surface area (Å²) < 4.78 is 15.2. The number of aliphatic hydroxyl groups is 1. The number of aromatic amines is 1. The molecule has 25 heavy (non-hydrogen) atoms. The zero-order valence-electron chi connectivity index (χ0n) is 13.6. The molecule has 0 atom stereocenters. The van der Waals surface area contributed by atoms with E-state index in [-0.39, 0.29) is 30.8 Å². The number of hydrogen-bond acceptors (Lipinski definition) is 4. The van der Waals surface area contributed by atoms with E-state index in [9.17, 15) is 19.1 Å². The van der Waals surface area contributed by atoms with Crippen LogP contribution in [0.2, 0.25) is 0 Å². The highest BCUT2D eigenvalue weighted by atomic mass is 19.1. The Kier molecular flexibility index (Phi) is 4.62. The molecule has 2 N–H and O–H groups in total. The van der Waals surface area contributed by atoms with Gasteiger partial charge in [0, 0.05) is 37.4 Å². The Morgan fingerprint density at radius 2 is 2.20 bits per heavy atom. The minimum absolute atomic E-state index is 0.0845. The van der Waals surface area contributed by atoms with Gasteiger partial charge in [0.1, 0.15) is 11.6 Å². The second kappa shape index (κ2) is 6.86. The Hall–Kier alpha value is -3.00. The number of amides is 1. The minimum atomic E-state index is -0.507. The third-order valence-corrected chi connectivity index (χ3v) is 3.95. The number of carbonyl (C=O) groups is 1. The third-order valence-electron chi connectivity index (χ3n) is 3.95. The topological polar surface area (TPSA) is 91.2 Å². The number of rotatable bonds is 5. The van der Waals surface area contributed by atoms with Gasteiger partial charge in [-0.3, -0.25) is 9.59 Å². The van der Waals surface area contributed by atoms with Crippen LogP contribution in [0.5, 0.6) is 0 Å². The molecule has 0 bridgehead atoms. The molecule has 0 aliphatic rings. The number of imidazole rings is 1. The number of H-pyrrole nitrogens is 1. The molecule has 1 amide bonds. The van der Waals surface area contributed by atoms with Gasteiger partial charge in [0.15, 0.2) is 0 Å². The number of benzene rings is 1. The summed E-state index contributed by atoms with van der Waals surface area (Å²) in [4.78, 5) is 32.9. The largest absolute Gasteiger partial charge is 0.395 e. The van der Waals surface area contributed by atoms with Gasteiger partial charge in [-0.25, -0.2) is 9.37 Å². The number of aromatic nitrogens is 3. The van der Waals surface area contributed by atoms with Crippen LogP contribution in [0.15, 0.2) is 41.5 Å². The summed E-state index contributed by atoms with van der Waals surface area (Å²) in [6.07, 6.45) is 3.37. The maximum atomic E-state index is 13.4. The van der Waals surface area contributed by atoms with Crippen molar-refractivity contribution in [3.8, 4) is 0 Å². The average molecular weight is 344 g/mol. The van der Waals surface area contributed by atoms with Gasteiger partial charge in [0.05, 0.1) is 24.2 Å². The van der Waals surface area contributed by atoms with Gasteiger partial charge in [0.25, 0.3) is 5.91 Å². The number of pyridine rings is 1. The van der Waals surface area contributed by atoms with Crippen molar-refractivity contribution in [1.82, 2.24) is 19.4 Å². The summed E-state index contributed by atoms with van der Waals surface area (Å²) in [6, 6.07) is 5.03. The standard InChI is InChI=1S/C17H17FN4O3/c1-21-5-4-19-15(21)10-22(6-7-23)17(25)13-9-16(24)20-14-8-11(18)2-3-12(13)14/h2-5,8-9,23H,6-7,10H2,1H3,(H,20,24). The van der Waals surface area contributed by atoms with E-state index in [0.717, 1.165) is 0 Å². The maximum Gasteiger partial charge on any atom is 0.255 e. The predicted octanol–water partition coefficient (Wildman–Crippen LogP) is 1.04. The average Bonchev–Trinajstić information content (AvgIpc) is 2.97. The van der Waals surface area contributed by atoms with E-state index >= 15 is 0 Å². The predicted molar refractivity (Wildman–Crippen MR) is 89.6 cm³/mol. The van der Waals surface area contributed by atoms with Crippen LogP contribution in [0, 0.1) is 5.82 Å². The number of aliphatic hydroxyl groups excluding tert-OH is 1. The first kappa shape index (κ1) is 16.8. The van der Waals surface area contributed by atoms with Gasteiger partial charge < -0.3 is 19.6 Å². The summed E-state index contributed by atoms with van der Waals surface area (Å²) in [5.41, 5.74) is -0.0967. The fraction of sp³-hybridized carbons (Fsp3) is 0.235. The van der Waals surface area contributed by atoms with Gasteiger partial charge in [-0.2, -0.15) is 0 Å². The lowest BCUT2D eigenvalue weighted by atomic mass is 10.1. The summed E-state index contributed by atoms with van der Waals surface area (Å²) in [5, 5.41) is 9.73. The summed E-state index contributed by atoms with van der Waals surface area (Å²) in [6.45, 7) is 0.0332. The first-order chi connectivity index (χ1) is 12.0. The number of nitrogens with one attached hydrogen (secondary N) is 1. The molecule has 0 saturated carbocycles. The summed E-state index contributed by atoms with van der Waals surface area (Å²) in [7, 11) is 1.80. The number of carbonyl (C=O) groups excluding carboxylic acids is 1. The van der Waals surface area contributed by atoms with Crippen molar-refractivity contribution in [1.29, 1.82) is 0 Å². The molecule has 0 saturated heterocycles. The van der Waals surface area contributed by atoms with E-state index in [2.05, 4.69) is 9.97 Å². The van der Waals surface area contributed by atoms with E-state index < -0.39 is 17.3 Å². The van der Waals surface area contributed by atoms with Crippen LogP contribution < -0.4 is 5.56 Å². The molecule has 0 radical (unpaired) electrons. The van der Waals surface area contributed by atoms with Crippen LogP contribution in [-0.2, 0) is 13.6 Å². The number of halogens is 1. The van der Waals surface area contributed by atoms with Crippen LogP contribution in [0.25, 0.3) is 10.9 Å². The second-order valence-corrected chi connectivity index (χ2v) is 5.64. The van der Waals surface area contributed by atoms with Crippen LogP contribution in [0.3, 0.4) is 0 Å². The molecule has 2 heterocycles. The fourth-order valence-corrected chi connectivity index (χ4v) is 2.67. The van der Waals surface area contributed by atoms with Crippen LogP contribution in [-0.4, -0.2) is 43.6 Å². The molecule has 1 aromatic carbocycles. The van der Waals surface area contributed by atoms with E-state index in [1.54, 1.807) is 24.0 Å². The Labute approximate surface area is 142 Å². The quantitative estimate of drug-likeness (QED) is 0.723. The van der Waals surface area contributed by atoms with Crippen molar-refractivity contribution < 1.29 is 14.3 Å². The zero-order chi connectivity index (χ0) is 18.0. The molecule has 2 aromatic heterocycles. The van der Waals surface area contributed by atoms with E-state index in [1.807, 2.05) is 0 Å². The maximum absolute atomic E-state index is 13.4. The van der Waals surface area contributed by atoms with Crippen molar-refractivity contribution in [3.05, 3.63) is 64.2 Å². The molecule has 7 nitrogen and oxygen atoms in total. The molecule has 0 unspecified atom stereocenters. The number of fused-ring (bicyclic) bond motifs is 1. The molecule has 130 valence electrons. The highest BCUT2D eigenvalue weighted by Crippen LogP contribution is 2.19. The van der Waals surface area contributed by atoms with E-state index in [0.29, 0.717) is 11.2 Å². The number of nitrogens with zero attached hydrogens (tertiary/aromatic N) is 3. The van der Waals surface area contributed by atoms with Gasteiger partial charge in [0.2, 0.25) is 5.56 Å². The summed E-state index contributed by atoms with van der Waals surface area (Å²) in [5.74, 6) is -0.297. The van der Waals surface area contributed by atoms with Crippen LogP contribution in [0.1, 0.15) is 16.2 Å². The molecule has 8 heteroatoms. The zero-order valence-corrected chi connectivity index (χ0v) is 13.6. The fourth-order valence-electron chi connectivity index (χ4n) is 2.67. The molecule has 0 aliphatic carbocycles. The Balaban J connectivity index is 2.03.